The smallest absolute Gasteiger partial charge is 0.255 e. The van der Waals surface area contributed by atoms with Gasteiger partial charge in [-0.05, 0) is 41.9 Å². The number of nitrogens with one attached hydrogen (secondary N) is 1. The van der Waals surface area contributed by atoms with Crippen molar-refractivity contribution in [2.24, 2.45) is 0 Å². The van der Waals surface area contributed by atoms with Crippen molar-refractivity contribution in [1.82, 2.24) is 15.2 Å². The van der Waals surface area contributed by atoms with Crippen molar-refractivity contribution in [1.29, 1.82) is 0 Å². The van der Waals surface area contributed by atoms with Crippen LogP contribution in [0.5, 0.6) is 0 Å². The van der Waals surface area contributed by atoms with Gasteiger partial charge in [0.25, 0.3) is 5.91 Å². The Morgan fingerprint density at radius 1 is 1.53 bits per heavy atom. The van der Waals surface area contributed by atoms with Crippen LogP contribution in [0.2, 0.25) is 0 Å². The average Bonchev–Trinajstić information content (AvgIpc) is 2.77. The van der Waals surface area contributed by atoms with Gasteiger partial charge in [0.2, 0.25) is 0 Å². The van der Waals surface area contributed by atoms with Crippen molar-refractivity contribution in [3.63, 3.8) is 0 Å². The van der Waals surface area contributed by atoms with E-state index in [1.807, 2.05) is 18.0 Å². The van der Waals surface area contributed by atoms with Gasteiger partial charge in [-0.3, -0.25) is 9.78 Å². The summed E-state index contributed by atoms with van der Waals surface area (Å²) in [4.78, 5) is 18.3. The Bertz CT molecular complexity index is 420. The van der Waals surface area contributed by atoms with E-state index in [0.29, 0.717) is 11.6 Å². The largest absolute Gasteiger partial charge is 0.334 e. The predicted molar refractivity (Wildman–Crippen MR) is 84.4 cm³/mol. The second-order valence-corrected chi connectivity index (χ2v) is 5.16. The molecule has 1 N–H and O–H groups in total. The van der Waals surface area contributed by atoms with Crippen LogP contribution < -0.4 is 5.32 Å². The maximum Gasteiger partial charge on any atom is 0.255 e. The lowest BCUT2D eigenvalue weighted by molar-refractivity contribution is 0.0736. The van der Waals surface area contributed by atoms with Gasteiger partial charge < -0.3 is 10.2 Å². The molecule has 0 bridgehead atoms. The molecule has 108 valence electrons. The van der Waals surface area contributed by atoms with Gasteiger partial charge in [-0.15, -0.1) is 24.8 Å². The molecule has 1 unspecified atom stereocenters. The van der Waals surface area contributed by atoms with E-state index in [0.717, 1.165) is 30.4 Å². The molecule has 0 spiro atoms. The van der Waals surface area contributed by atoms with Crippen LogP contribution in [0, 0.1) is 0 Å². The van der Waals surface area contributed by atoms with Crippen molar-refractivity contribution in [2.45, 2.75) is 18.9 Å². The highest BCUT2D eigenvalue weighted by Gasteiger charge is 2.28. The molecule has 1 fully saturated rings. The number of carbonyl (C=O) groups is 1. The van der Waals surface area contributed by atoms with Gasteiger partial charge in [0.1, 0.15) is 0 Å². The van der Waals surface area contributed by atoms with Gasteiger partial charge in [0, 0.05) is 36.0 Å². The minimum atomic E-state index is 0. The van der Waals surface area contributed by atoms with Crippen LogP contribution in [0.3, 0.4) is 0 Å². The SMILES string of the molecule is CNCC1CCCN1C(=O)c1cncc(Br)c1.Cl.Cl. The first-order valence-electron chi connectivity index (χ1n) is 5.78. The maximum atomic E-state index is 12.3. The van der Waals surface area contributed by atoms with Gasteiger partial charge >= 0.3 is 0 Å². The molecule has 1 aliphatic heterocycles. The van der Waals surface area contributed by atoms with Crippen LogP contribution in [0.4, 0.5) is 0 Å². The molecule has 2 rings (SSSR count). The van der Waals surface area contributed by atoms with Crippen molar-refractivity contribution in [3.05, 3.63) is 28.5 Å². The van der Waals surface area contributed by atoms with E-state index in [1.54, 1.807) is 12.4 Å². The van der Waals surface area contributed by atoms with Gasteiger partial charge in [-0.25, -0.2) is 0 Å². The molecule has 0 aromatic carbocycles. The Morgan fingerprint density at radius 3 is 2.89 bits per heavy atom. The molecule has 1 aromatic heterocycles. The summed E-state index contributed by atoms with van der Waals surface area (Å²) < 4.78 is 0.840. The number of likely N-dealkylation sites (N-methyl/N-ethyl adjacent to an activating group) is 1. The maximum absolute atomic E-state index is 12.3. The third-order valence-electron chi connectivity index (χ3n) is 3.03. The highest BCUT2D eigenvalue weighted by Crippen LogP contribution is 2.20. The first kappa shape index (κ1) is 18.6. The molecule has 4 nitrogen and oxygen atoms in total. The second kappa shape index (κ2) is 8.74. The van der Waals surface area contributed by atoms with Crippen LogP contribution in [0.25, 0.3) is 0 Å². The van der Waals surface area contributed by atoms with Crippen LogP contribution in [-0.4, -0.2) is 42.0 Å². The number of halogens is 3. The summed E-state index contributed by atoms with van der Waals surface area (Å²) >= 11 is 3.34. The Morgan fingerprint density at radius 2 is 2.26 bits per heavy atom. The number of carbonyl (C=O) groups excluding carboxylic acids is 1. The number of hydrogen-bond donors (Lipinski definition) is 1. The summed E-state index contributed by atoms with van der Waals surface area (Å²) in [6, 6.07) is 2.14. The zero-order chi connectivity index (χ0) is 12.3. The Labute approximate surface area is 134 Å². The average molecular weight is 371 g/mol. The van der Waals surface area contributed by atoms with E-state index in [1.165, 1.54) is 0 Å². The number of nitrogens with zero attached hydrogens (tertiary/aromatic N) is 2. The summed E-state index contributed by atoms with van der Waals surface area (Å²) in [5.74, 6) is 0.0801. The van der Waals surface area contributed by atoms with E-state index in [9.17, 15) is 4.79 Å². The molecule has 0 aliphatic carbocycles. The molecule has 0 radical (unpaired) electrons. The molecular formula is C12H18BrCl2N3O. The molecule has 1 atom stereocenters. The molecule has 1 aromatic rings. The van der Waals surface area contributed by atoms with Gasteiger partial charge in [-0.2, -0.15) is 0 Å². The van der Waals surface area contributed by atoms with Crippen molar-refractivity contribution >= 4 is 46.7 Å². The summed E-state index contributed by atoms with van der Waals surface area (Å²) in [6.07, 6.45) is 5.47. The topological polar surface area (TPSA) is 45.2 Å². The summed E-state index contributed by atoms with van der Waals surface area (Å²) in [5, 5.41) is 3.14. The number of likely N-dealkylation sites (tertiary alicyclic amines) is 1. The standard InChI is InChI=1S/C12H16BrN3O.2ClH/c1-14-8-11-3-2-4-16(11)12(17)9-5-10(13)7-15-6-9;;/h5-7,11,14H,2-4,8H2,1H3;2*1H. The fourth-order valence-electron chi connectivity index (χ4n) is 2.25. The molecule has 7 heteroatoms. The van der Waals surface area contributed by atoms with Crippen LogP contribution >= 0.6 is 40.7 Å². The zero-order valence-electron chi connectivity index (χ0n) is 10.6. The van der Waals surface area contributed by atoms with Gasteiger partial charge in [0.15, 0.2) is 0 Å². The van der Waals surface area contributed by atoms with Crippen molar-refractivity contribution < 1.29 is 4.79 Å². The molecule has 0 saturated carbocycles. The first-order chi connectivity index (χ1) is 8.22. The fraction of sp³-hybridized carbons (Fsp3) is 0.500. The normalized spacial score (nSPS) is 17.6. The monoisotopic (exact) mass is 369 g/mol. The number of amides is 1. The number of aromatic nitrogens is 1. The van der Waals surface area contributed by atoms with E-state index >= 15 is 0 Å². The summed E-state index contributed by atoms with van der Waals surface area (Å²) in [7, 11) is 1.92. The molecule has 1 aliphatic rings. The molecule has 1 amide bonds. The highest BCUT2D eigenvalue weighted by molar-refractivity contribution is 9.10. The van der Waals surface area contributed by atoms with Crippen LogP contribution in [-0.2, 0) is 0 Å². The third-order valence-corrected chi connectivity index (χ3v) is 3.46. The first-order valence-corrected chi connectivity index (χ1v) is 6.58. The fourth-order valence-corrected chi connectivity index (χ4v) is 2.61. The van der Waals surface area contributed by atoms with E-state index in [2.05, 4.69) is 26.2 Å². The highest BCUT2D eigenvalue weighted by atomic mass is 79.9. The number of pyridine rings is 1. The van der Waals surface area contributed by atoms with E-state index in [4.69, 9.17) is 0 Å². The van der Waals surface area contributed by atoms with Gasteiger partial charge in [0.05, 0.1) is 5.56 Å². The van der Waals surface area contributed by atoms with Crippen molar-refractivity contribution in [2.75, 3.05) is 20.1 Å². The molecule has 2 heterocycles. The molecule has 1 saturated heterocycles. The summed E-state index contributed by atoms with van der Waals surface area (Å²) in [6.45, 7) is 1.70. The van der Waals surface area contributed by atoms with Gasteiger partial charge in [-0.1, -0.05) is 0 Å². The van der Waals surface area contributed by atoms with Crippen LogP contribution in [0.1, 0.15) is 23.2 Å². The lowest BCUT2D eigenvalue weighted by Crippen LogP contribution is -2.40. The number of hydrogen-bond acceptors (Lipinski definition) is 3. The minimum absolute atomic E-state index is 0. The second-order valence-electron chi connectivity index (χ2n) is 4.24. The molecular weight excluding hydrogens is 353 g/mol. The minimum Gasteiger partial charge on any atom is -0.334 e. The molecule has 19 heavy (non-hydrogen) atoms. The number of rotatable bonds is 3. The zero-order valence-corrected chi connectivity index (χ0v) is 13.9. The van der Waals surface area contributed by atoms with E-state index in [-0.39, 0.29) is 30.7 Å². The summed E-state index contributed by atoms with van der Waals surface area (Å²) in [5.41, 5.74) is 0.655. The van der Waals surface area contributed by atoms with Crippen LogP contribution in [0.15, 0.2) is 22.9 Å². The Balaban J connectivity index is 0.00000162. The Kier molecular flexibility index (Phi) is 8.57. The lowest BCUT2D eigenvalue weighted by atomic mass is 10.2. The van der Waals surface area contributed by atoms with Crippen molar-refractivity contribution in [3.8, 4) is 0 Å². The third kappa shape index (κ3) is 4.60. The predicted octanol–water partition coefficient (Wildman–Crippen LogP) is 2.51. The quantitative estimate of drug-likeness (QED) is 0.889. The Hall–Kier alpha value is -0.360. The lowest BCUT2D eigenvalue weighted by Gasteiger charge is -2.24. The van der Waals surface area contributed by atoms with E-state index < -0.39 is 0 Å².